The van der Waals surface area contributed by atoms with Crippen LogP contribution in [0.3, 0.4) is 0 Å². The maximum atomic E-state index is 12.1. The average molecular weight is 335 g/mol. The van der Waals surface area contributed by atoms with Crippen molar-refractivity contribution in [1.82, 2.24) is 10.1 Å². The highest BCUT2D eigenvalue weighted by Gasteiger charge is 2.13. The summed E-state index contributed by atoms with van der Waals surface area (Å²) in [6.07, 6.45) is 0. The van der Waals surface area contributed by atoms with Gasteiger partial charge in [-0.25, -0.2) is 4.98 Å². The third-order valence-electron chi connectivity index (χ3n) is 3.63. The molecule has 0 saturated heterocycles. The lowest BCUT2D eigenvalue weighted by Crippen LogP contribution is -2.11. The van der Waals surface area contributed by atoms with Gasteiger partial charge in [0.25, 0.3) is 5.91 Å². The summed E-state index contributed by atoms with van der Waals surface area (Å²) in [4.78, 5) is 16.6. The molecule has 2 aromatic heterocycles. The fourth-order valence-corrected chi connectivity index (χ4v) is 3.16. The van der Waals surface area contributed by atoms with E-state index in [9.17, 15) is 4.79 Å². The Morgan fingerprint density at radius 2 is 1.96 bits per heavy atom. The van der Waals surface area contributed by atoms with Crippen LogP contribution in [0.25, 0.3) is 22.0 Å². The molecule has 6 heteroatoms. The molecular weight excluding hydrogens is 322 g/mol. The molecule has 0 aliphatic rings. The Labute approximate surface area is 141 Å². The van der Waals surface area contributed by atoms with Gasteiger partial charge < -0.3 is 4.52 Å². The Morgan fingerprint density at radius 3 is 2.75 bits per heavy atom. The Morgan fingerprint density at radius 1 is 1.12 bits per heavy atom. The molecule has 0 fully saturated rings. The van der Waals surface area contributed by atoms with Gasteiger partial charge in [0, 0.05) is 17.0 Å². The Balaban J connectivity index is 1.58. The molecule has 4 aromatic rings. The van der Waals surface area contributed by atoms with Gasteiger partial charge in [-0.15, -0.1) is 11.3 Å². The summed E-state index contributed by atoms with van der Waals surface area (Å²) in [6, 6.07) is 16.0. The first-order valence-electron chi connectivity index (χ1n) is 7.38. The number of anilines is 1. The second-order valence-electron chi connectivity index (χ2n) is 5.38. The normalized spacial score (nSPS) is 10.9. The number of benzene rings is 2. The van der Waals surface area contributed by atoms with E-state index in [1.807, 2.05) is 23.6 Å². The van der Waals surface area contributed by atoms with Crippen molar-refractivity contribution in [1.29, 1.82) is 0 Å². The monoisotopic (exact) mass is 335 g/mol. The molecular formula is C18H13N3O2S. The van der Waals surface area contributed by atoms with Crippen molar-refractivity contribution >= 4 is 33.1 Å². The lowest BCUT2D eigenvalue weighted by molar-refractivity contribution is 0.101. The van der Waals surface area contributed by atoms with Gasteiger partial charge in [-0.3, -0.25) is 10.1 Å². The van der Waals surface area contributed by atoms with Crippen LogP contribution in [0, 0.1) is 6.92 Å². The van der Waals surface area contributed by atoms with Gasteiger partial charge in [0.2, 0.25) is 0 Å². The molecule has 1 N–H and O–H groups in total. The van der Waals surface area contributed by atoms with E-state index >= 15 is 0 Å². The maximum Gasteiger partial charge on any atom is 0.279 e. The summed E-state index contributed by atoms with van der Waals surface area (Å²) in [7, 11) is 0. The van der Waals surface area contributed by atoms with Gasteiger partial charge in [-0.05, 0) is 23.8 Å². The van der Waals surface area contributed by atoms with Crippen LogP contribution in [-0.4, -0.2) is 16.0 Å². The summed E-state index contributed by atoms with van der Waals surface area (Å²) < 4.78 is 4.91. The molecule has 0 spiro atoms. The molecule has 1 amide bonds. The minimum absolute atomic E-state index is 0.245. The first-order chi connectivity index (χ1) is 11.7. The smallest absolute Gasteiger partial charge is 0.279 e. The minimum Gasteiger partial charge on any atom is -0.361 e. The number of rotatable bonds is 3. The van der Waals surface area contributed by atoms with Crippen LogP contribution in [-0.2, 0) is 0 Å². The number of nitrogens with zero attached hydrogens (tertiary/aromatic N) is 2. The summed E-state index contributed by atoms with van der Waals surface area (Å²) in [6.45, 7) is 1.74. The standard InChI is InChI=1S/C18H13N3O2S/c1-11-8-15(21-23-11)17(22)20-18-19-16(10-24-18)14-7-6-12-4-2-3-5-13(12)9-14/h2-10H,1H3,(H,19,20,22). The minimum atomic E-state index is -0.328. The van der Waals surface area contributed by atoms with Crippen LogP contribution in [0.5, 0.6) is 0 Å². The predicted molar refractivity (Wildman–Crippen MR) is 94.2 cm³/mol. The van der Waals surface area contributed by atoms with E-state index in [-0.39, 0.29) is 11.6 Å². The van der Waals surface area contributed by atoms with Crippen LogP contribution in [0.1, 0.15) is 16.2 Å². The number of thiazole rings is 1. The number of hydrogen-bond donors (Lipinski definition) is 1. The van der Waals surface area contributed by atoms with Gasteiger partial charge in [0.15, 0.2) is 10.8 Å². The Kier molecular flexibility index (Phi) is 3.59. The summed E-state index contributed by atoms with van der Waals surface area (Å²) >= 11 is 1.38. The SMILES string of the molecule is Cc1cc(C(=O)Nc2nc(-c3ccc4ccccc4c3)cs2)no1. The molecule has 118 valence electrons. The van der Waals surface area contributed by atoms with E-state index in [1.54, 1.807) is 13.0 Å². The van der Waals surface area contributed by atoms with Crippen molar-refractivity contribution in [2.45, 2.75) is 6.92 Å². The van der Waals surface area contributed by atoms with Crippen LogP contribution in [0.2, 0.25) is 0 Å². The molecule has 2 aromatic carbocycles. The Bertz CT molecular complexity index is 1040. The number of hydrogen-bond acceptors (Lipinski definition) is 5. The number of fused-ring (bicyclic) bond motifs is 1. The lowest BCUT2D eigenvalue weighted by atomic mass is 10.1. The first-order valence-corrected chi connectivity index (χ1v) is 8.26. The van der Waals surface area contributed by atoms with Gasteiger partial charge >= 0.3 is 0 Å². The molecule has 0 saturated carbocycles. The number of carbonyl (C=O) groups is 1. The molecule has 2 heterocycles. The average Bonchev–Trinajstić information content (AvgIpc) is 3.23. The second kappa shape index (κ2) is 5.90. The molecule has 0 atom stereocenters. The predicted octanol–water partition coefficient (Wildman–Crippen LogP) is 4.51. The van der Waals surface area contributed by atoms with E-state index in [1.165, 1.54) is 16.7 Å². The van der Waals surface area contributed by atoms with E-state index in [0.29, 0.717) is 10.9 Å². The van der Waals surface area contributed by atoms with E-state index in [2.05, 4.69) is 39.7 Å². The van der Waals surface area contributed by atoms with Crippen LogP contribution < -0.4 is 5.32 Å². The lowest BCUT2D eigenvalue weighted by Gasteiger charge is -2.01. The van der Waals surface area contributed by atoms with Gasteiger partial charge in [-0.2, -0.15) is 0 Å². The van der Waals surface area contributed by atoms with Crippen molar-refractivity contribution in [2.24, 2.45) is 0 Å². The summed E-state index contributed by atoms with van der Waals surface area (Å²) in [5.74, 6) is 0.266. The maximum absolute atomic E-state index is 12.1. The summed E-state index contributed by atoms with van der Waals surface area (Å²) in [5.41, 5.74) is 2.09. The fraction of sp³-hybridized carbons (Fsp3) is 0.0556. The highest BCUT2D eigenvalue weighted by molar-refractivity contribution is 7.14. The van der Waals surface area contributed by atoms with E-state index < -0.39 is 0 Å². The zero-order chi connectivity index (χ0) is 16.5. The van der Waals surface area contributed by atoms with Gasteiger partial charge in [0.05, 0.1) is 5.69 Å². The third kappa shape index (κ3) is 2.79. The third-order valence-corrected chi connectivity index (χ3v) is 4.39. The quantitative estimate of drug-likeness (QED) is 0.598. The molecule has 5 nitrogen and oxygen atoms in total. The van der Waals surface area contributed by atoms with Crippen LogP contribution >= 0.6 is 11.3 Å². The molecule has 0 unspecified atom stereocenters. The molecule has 0 aliphatic carbocycles. The highest BCUT2D eigenvalue weighted by atomic mass is 32.1. The largest absolute Gasteiger partial charge is 0.361 e. The van der Waals surface area contributed by atoms with Gasteiger partial charge in [0.1, 0.15) is 5.76 Å². The Hall–Kier alpha value is -2.99. The van der Waals surface area contributed by atoms with Crippen molar-refractivity contribution in [2.75, 3.05) is 5.32 Å². The zero-order valence-electron chi connectivity index (χ0n) is 12.8. The molecule has 0 radical (unpaired) electrons. The van der Waals surface area contributed by atoms with Crippen molar-refractivity contribution < 1.29 is 9.32 Å². The highest BCUT2D eigenvalue weighted by Crippen LogP contribution is 2.28. The zero-order valence-corrected chi connectivity index (χ0v) is 13.6. The number of amides is 1. The molecule has 4 rings (SSSR count). The topological polar surface area (TPSA) is 68.0 Å². The molecule has 24 heavy (non-hydrogen) atoms. The van der Waals surface area contributed by atoms with E-state index in [0.717, 1.165) is 16.6 Å². The van der Waals surface area contributed by atoms with Crippen molar-refractivity contribution in [3.05, 3.63) is 65.4 Å². The summed E-state index contributed by atoms with van der Waals surface area (Å²) in [5, 5.41) is 11.2. The number of aryl methyl sites for hydroxylation is 1. The van der Waals surface area contributed by atoms with Gasteiger partial charge in [-0.1, -0.05) is 41.6 Å². The second-order valence-corrected chi connectivity index (χ2v) is 6.23. The van der Waals surface area contributed by atoms with E-state index in [4.69, 9.17) is 4.52 Å². The first kappa shape index (κ1) is 14.6. The number of nitrogens with one attached hydrogen (secondary N) is 1. The molecule has 0 bridgehead atoms. The van der Waals surface area contributed by atoms with Crippen molar-refractivity contribution in [3.63, 3.8) is 0 Å². The van der Waals surface area contributed by atoms with Crippen molar-refractivity contribution in [3.8, 4) is 11.3 Å². The fourth-order valence-electron chi connectivity index (χ4n) is 2.45. The van der Waals surface area contributed by atoms with Crippen LogP contribution in [0.15, 0.2) is 58.4 Å². The molecule has 0 aliphatic heterocycles. The number of carbonyl (C=O) groups excluding carboxylic acids is 1. The number of aromatic nitrogens is 2. The van der Waals surface area contributed by atoms with Crippen LogP contribution in [0.4, 0.5) is 5.13 Å².